The van der Waals surface area contributed by atoms with Gasteiger partial charge in [0, 0.05) is 24.9 Å². The van der Waals surface area contributed by atoms with E-state index in [1.54, 1.807) is 12.1 Å². The van der Waals surface area contributed by atoms with Gasteiger partial charge in [-0.3, -0.25) is 9.59 Å². The standard InChI is InChI=1S/C29H42N2O5S/c1-20(2)8-6-9-21(3)10-7-11-22(4)16-17-37-19-27(29(35)36)31-28(34)26(30-23(5)32)18-24-12-14-25(33)15-13-24/h8,10,12-16,26-27,33H,6-7,9,11,17-19H2,1-5H3,(H,30,32)(H,31,34)(H,35,36)/t26?,27-/m0/s1. The second kappa shape index (κ2) is 17.5. The number of aliphatic carboxylic acids is 1. The largest absolute Gasteiger partial charge is 0.508 e. The first-order chi connectivity index (χ1) is 17.5. The minimum atomic E-state index is -1.12. The van der Waals surface area contributed by atoms with Crippen LogP contribution in [0.5, 0.6) is 5.75 Å². The molecule has 1 aromatic rings. The van der Waals surface area contributed by atoms with Gasteiger partial charge in [-0.2, -0.15) is 11.8 Å². The third-order valence-corrected chi connectivity index (χ3v) is 6.61. The Hall–Kier alpha value is -3.00. The molecule has 0 fully saturated rings. The highest BCUT2D eigenvalue weighted by Crippen LogP contribution is 2.14. The molecule has 0 radical (unpaired) electrons. The second-order valence-electron chi connectivity index (χ2n) is 9.52. The van der Waals surface area contributed by atoms with Gasteiger partial charge in [-0.05, 0) is 71.1 Å². The van der Waals surface area contributed by atoms with Gasteiger partial charge < -0.3 is 20.8 Å². The first-order valence-electron chi connectivity index (χ1n) is 12.6. The number of carboxylic acid groups (broad SMARTS) is 1. The molecule has 0 aliphatic rings. The molecule has 0 aromatic heterocycles. The maximum Gasteiger partial charge on any atom is 0.327 e. The van der Waals surface area contributed by atoms with Crippen molar-refractivity contribution in [2.45, 2.75) is 78.8 Å². The van der Waals surface area contributed by atoms with E-state index in [4.69, 9.17) is 0 Å². The van der Waals surface area contributed by atoms with Crippen LogP contribution in [0.1, 0.15) is 65.9 Å². The van der Waals surface area contributed by atoms with E-state index in [-0.39, 0.29) is 17.9 Å². The molecule has 0 aliphatic carbocycles. The Morgan fingerprint density at radius 1 is 0.865 bits per heavy atom. The number of nitrogens with one attached hydrogen (secondary N) is 2. The van der Waals surface area contributed by atoms with E-state index >= 15 is 0 Å². The summed E-state index contributed by atoms with van der Waals surface area (Å²) in [6.07, 6.45) is 10.9. The number of allylic oxidation sites excluding steroid dienone is 5. The van der Waals surface area contributed by atoms with Gasteiger partial charge in [-0.25, -0.2) is 4.79 Å². The number of rotatable bonds is 16. The average Bonchev–Trinajstić information content (AvgIpc) is 2.81. The Balaban J connectivity index is 2.56. The van der Waals surface area contributed by atoms with Crippen molar-refractivity contribution in [1.82, 2.24) is 10.6 Å². The summed E-state index contributed by atoms with van der Waals surface area (Å²) < 4.78 is 0. The molecule has 8 heteroatoms. The Kier molecular flexibility index (Phi) is 15.1. The first kappa shape index (κ1) is 32.0. The number of aromatic hydroxyl groups is 1. The molecule has 37 heavy (non-hydrogen) atoms. The van der Waals surface area contributed by atoms with Crippen molar-refractivity contribution in [3.8, 4) is 5.75 Å². The van der Waals surface area contributed by atoms with Crippen molar-refractivity contribution in [3.05, 3.63) is 64.8 Å². The van der Waals surface area contributed by atoms with Crippen LogP contribution in [0.2, 0.25) is 0 Å². The van der Waals surface area contributed by atoms with Gasteiger partial charge >= 0.3 is 5.97 Å². The first-order valence-corrected chi connectivity index (χ1v) is 13.7. The third-order valence-electron chi connectivity index (χ3n) is 5.64. The lowest BCUT2D eigenvalue weighted by molar-refractivity contribution is -0.141. The zero-order valence-electron chi connectivity index (χ0n) is 22.7. The van der Waals surface area contributed by atoms with E-state index in [0.29, 0.717) is 5.75 Å². The van der Waals surface area contributed by atoms with Crippen molar-refractivity contribution in [1.29, 1.82) is 0 Å². The number of benzene rings is 1. The van der Waals surface area contributed by atoms with E-state index in [1.807, 2.05) is 0 Å². The highest BCUT2D eigenvalue weighted by Gasteiger charge is 2.26. The van der Waals surface area contributed by atoms with Crippen LogP contribution in [0, 0.1) is 0 Å². The van der Waals surface area contributed by atoms with Crippen LogP contribution in [-0.2, 0) is 20.8 Å². The van der Waals surface area contributed by atoms with Crippen LogP contribution in [0.25, 0.3) is 0 Å². The van der Waals surface area contributed by atoms with E-state index in [1.165, 1.54) is 47.5 Å². The predicted molar refractivity (Wildman–Crippen MR) is 152 cm³/mol. The number of carbonyl (C=O) groups is 3. The van der Waals surface area contributed by atoms with Crippen LogP contribution in [0.3, 0.4) is 0 Å². The molecule has 1 unspecified atom stereocenters. The van der Waals surface area contributed by atoms with Crippen molar-refractivity contribution in [3.63, 3.8) is 0 Å². The Morgan fingerprint density at radius 3 is 2.03 bits per heavy atom. The van der Waals surface area contributed by atoms with Gasteiger partial charge in [0.1, 0.15) is 17.8 Å². The summed E-state index contributed by atoms with van der Waals surface area (Å²) in [5.74, 6) is -1.12. The molecule has 1 aromatic carbocycles. The average molecular weight is 531 g/mol. The summed E-state index contributed by atoms with van der Waals surface area (Å²) in [6, 6.07) is 4.29. The molecule has 204 valence electrons. The summed E-state index contributed by atoms with van der Waals surface area (Å²) in [6.45, 7) is 9.76. The molecule has 0 heterocycles. The fourth-order valence-electron chi connectivity index (χ4n) is 3.50. The molecular formula is C29H42N2O5S. The molecule has 7 nitrogen and oxygen atoms in total. The number of hydrogen-bond acceptors (Lipinski definition) is 5. The van der Waals surface area contributed by atoms with Gasteiger partial charge in [0.2, 0.25) is 11.8 Å². The number of amides is 2. The second-order valence-corrected chi connectivity index (χ2v) is 10.6. The summed E-state index contributed by atoms with van der Waals surface area (Å²) in [4.78, 5) is 36.2. The van der Waals surface area contributed by atoms with E-state index < -0.39 is 29.9 Å². The predicted octanol–water partition coefficient (Wildman–Crippen LogP) is 5.16. The van der Waals surface area contributed by atoms with Gasteiger partial charge in [0.05, 0.1) is 0 Å². The molecule has 1 rings (SSSR count). The molecule has 0 aliphatic heterocycles. The van der Waals surface area contributed by atoms with E-state index in [9.17, 15) is 24.6 Å². The topological polar surface area (TPSA) is 116 Å². The van der Waals surface area contributed by atoms with E-state index in [2.05, 4.69) is 56.6 Å². The smallest absolute Gasteiger partial charge is 0.327 e. The van der Waals surface area contributed by atoms with Crippen LogP contribution in [-0.4, -0.2) is 51.6 Å². The fraction of sp³-hybridized carbons (Fsp3) is 0.483. The summed E-state index contributed by atoms with van der Waals surface area (Å²) in [7, 11) is 0. The lowest BCUT2D eigenvalue weighted by Gasteiger charge is -2.21. The Morgan fingerprint density at radius 2 is 1.46 bits per heavy atom. The van der Waals surface area contributed by atoms with Crippen LogP contribution in [0.15, 0.2) is 59.2 Å². The highest BCUT2D eigenvalue weighted by atomic mass is 32.2. The van der Waals surface area contributed by atoms with E-state index in [0.717, 1.165) is 31.2 Å². The minimum Gasteiger partial charge on any atom is -0.508 e. The number of carbonyl (C=O) groups excluding carboxylic acids is 2. The molecule has 0 spiro atoms. The number of phenols is 1. The molecule has 0 bridgehead atoms. The molecule has 2 atom stereocenters. The maximum absolute atomic E-state index is 12.8. The number of phenolic OH excluding ortho intramolecular Hbond substituents is 1. The molecule has 0 saturated carbocycles. The summed E-state index contributed by atoms with van der Waals surface area (Å²) in [5, 5.41) is 24.2. The van der Waals surface area contributed by atoms with Gasteiger partial charge in [-0.15, -0.1) is 0 Å². The van der Waals surface area contributed by atoms with Crippen molar-refractivity contribution in [2.75, 3.05) is 11.5 Å². The highest BCUT2D eigenvalue weighted by molar-refractivity contribution is 7.99. The quantitative estimate of drug-likeness (QED) is 0.173. The third kappa shape index (κ3) is 15.0. The number of hydrogen-bond donors (Lipinski definition) is 4. The van der Waals surface area contributed by atoms with Gasteiger partial charge in [0.15, 0.2) is 0 Å². The van der Waals surface area contributed by atoms with Crippen molar-refractivity contribution >= 4 is 29.5 Å². The van der Waals surface area contributed by atoms with Crippen molar-refractivity contribution < 1.29 is 24.6 Å². The number of carboxylic acids is 1. The Labute approximate surface area is 225 Å². The minimum absolute atomic E-state index is 0.0956. The summed E-state index contributed by atoms with van der Waals surface area (Å²) in [5.41, 5.74) is 4.71. The number of thioether (sulfide) groups is 1. The van der Waals surface area contributed by atoms with Crippen LogP contribution >= 0.6 is 11.8 Å². The van der Waals surface area contributed by atoms with Gasteiger partial charge in [0.25, 0.3) is 0 Å². The lowest BCUT2D eigenvalue weighted by Crippen LogP contribution is -2.52. The molecule has 0 saturated heterocycles. The SMILES string of the molecule is CC(=O)NC(Cc1ccc(O)cc1)C(=O)N[C@@H](CSCC=C(C)CCC=C(C)CCC=C(C)C)C(=O)O. The van der Waals surface area contributed by atoms with Crippen LogP contribution in [0.4, 0.5) is 0 Å². The normalized spacial score (nSPS) is 13.4. The molecule has 4 N–H and O–H groups in total. The molecular weight excluding hydrogens is 488 g/mol. The monoisotopic (exact) mass is 530 g/mol. The van der Waals surface area contributed by atoms with Crippen molar-refractivity contribution in [2.24, 2.45) is 0 Å². The lowest BCUT2D eigenvalue weighted by atomic mass is 10.0. The zero-order valence-corrected chi connectivity index (χ0v) is 23.5. The maximum atomic E-state index is 12.8. The summed E-state index contributed by atoms with van der Waals surface area (Å²) >= 11 is 1.44. The van der Waals surface area contributed by atoms with Crippen LogP contribution < -0.4 is 10.6 Å². The fourth-order valence-corrected chi connectivity index (χ4v) is 4.50. The van der Waals surface area contributed by atoms with Gasteiger partial charge in [-0.1, -0.05) is 47.1 Å². The molecule has 2 amide bonds. The zero-order chi connectivity index (χ0) is 27.8. The Bertz CT molecular complexity index is 979.